The molecule has 0 saturated carbocycles. The van der Waals surface area contributed by atoms with E-state index in [1.807, 2.05) is 0 Å². The highest BCUT2D eigenvalue weighted by molar-refractivity contribution is 5.93. The second kappa shape index (κ2) is 20.7. The Balaban J connectivity index is 0.932. The minimum Gasteiger partial charge on any atom is -0.311 e. The summed E-state index contributed by atoms with van der Waals surface area (Å²) in [6.45, 7) is 8.54. The lowest BCUT2D eigenvalue weighted by molar-refractivity contribution is 1.27. The molecule has 10 aromatic carbocycles. The van der Waals surface area contributed by atoms with Crippen molar-refractivity contribution in [3.05, 3.63) is 310 Å². The van der Waals surface area contributed by atoms with Gasteiger partial charge in [-0.05, 0) is 168 Å². The van der Waals surface area contributed by atoms with Crippen molar-refractivity contribution in [2.24, 2.45) is 0 Å². The van der Waals surface area contributed by atoms with E-state index in [4.69, 9.17) is 0 Å². The highest BCUT2D eigenvalue weighted by atomic mass is 15.1. The van der Waals surface area contributed by atoms with E-state index in [2.05, 4.69) is 304 Å². The lowest BCUT2D eigenvalue weighted by atomic mass is 9.95. The van der Waals surface area contributed by atoms with Crippen LogP contribution in [0.15, 0.2) is 255 Å². The molecular weight excluding hydrogens is 845 g/mol. The van der Waals surface area contributed by atoms with Crippen LogP contribution in [0.3, 0.4) is 0 Å². The smallest absolute Gasteiger partial charge is 0.0462 e. The number of benzene rings is 10. The fraction of sp³-hybridized carbons (Fsp3) is 0.0588. The van der Waals surface area contributed by atoms with Crippen LogP contribution >= 0.6 is 0 Å². The van der Waals surface area contributed by atoms with Gasteiger partial charge in [0, 0.05) is 34.1 Å². The van der Waals surface area contributed by atoms with Gasteiger partial charge in [0.2, 0.25) is 0 Å². The molecule has 0 aliphatic heterocycles. The maximum atomic E-state index is 2.34. The molecule has 0 aliphatic carbocycles. The third-order valence-corrected chi connectivity index (χ3v) is 13.0. The van der Waals surface area contributed by atoms with Crippen LogP contribution in [0.4, 0.5) is 34.1 Å². The van der Waals surface area contributed by atoms with Crippen LogP contribution in [0.2, 0.25) is 0 Å². The predicted molar refractivity (Wildman–Crippen MR) is 300 cm³/mol. The minimum absolute atomic E-state index is 1.09. The molecule has 338 valence electrons. The first-order valence-electron chi connectivity index (χ1n) is 24.1. The standard InChI is InChI=1S/C68H56N2/c1-49-15-27-59(28-16-49)67(57-11-7-5-8-12-57)47-53-23-39-63(40-24-53)69(61-35-19-51(3)20-36-61)65-43-31-55(32-44-65)56-33-45-66(46-34-56)70(62-37-21-52(4)22-38-62)64-41-25-54(26-42-64)48-68(58-13-9-6-10-14-58)60-29-17-50(2)18-30-60/h5-48H,1-4H3. The molecule has 0 aliphatic rings. The summed E-state index contributed by atoms with van der Waals surface area (Å²) in [5.74, 6) is 0. The van der Waals surface area contributed by atoms with E-state index < -0.39 is 0 Å². The first-order chi connectivity index (χ1) is 34.3. The summed E-state index contributed by atoms with van der Waals surface area (Å²) in [6, 6.07) is 92.2. The topological polar surface area (TPSA) is 6.48 Å². The molecule has 10 aromatic rings. The molecule has 0 spiro atoms. The number of nitrogens with zero attached hydrogens (tertiary/aromatic N) is 2. The molecule has 2 nitrogen and oxygen atoms in total. The molecule has 0 atom stereocenters. The Kier molecular flexibility index (Phi) is 13.3. The normalized spacial score (nSPS) is 11.6. The van der Waals surface area contributed by atoms with E-state index >= 15 is 0 Å². The lowest BCUT2D eigenvalue weighted by Gasteiger charge is -2.26. The van der Waals surface area contributed by atoms with Crippen molar-refractivity contribution in [1.82, 2.24) is 0 Å². The van der Waals surface area contributed by atoms with E-state index in [9.17, 15) is 0 Å². The second-order valence-electron chi connectivity index (χ2n) is 18.2. The van der Waals surface area contributed by atoms with Crippen molar-refractivity contribution < 1.29 is 0 Å². The van der Waals surface area contributed by atoms with E-state index in [1.165, 1.54) is 55.7 Å². The Labute approximate surface area is 414 Å². The minimum atomic E-state index is 1.09. The monoisotopic (exact) mass is 900 g/mol. The molecule has 0 amide bonds. The van der Waals surface area contributed by atoms with Crippen LogP contribution in [0, 0.1) is 27.7 Å². The number of hydrogen-bond acceptors (Lipinski definition) is 2. The molecular formula is C68H56N2. The summed E-state index contributed by atoms with van der Waals surface area (Å²) in [5.41, 5.74) is 23.4. The van der Waals surface area contributed by atoms with Gasteiger partial charge in [0.1, 0.15) is 0 Å². The molecule has 10 rings (SSSR count). The van der Waals surface area contributed by atoms with Crippen molar-refractivity contribution in [3.63, 3.8) is 0 Å². The average molecular weight is 901 g/mol. The van der Waals surface area contributed by atoms with Gasteiger partial charge in [-0.15, -0.1) is 0 Å². The van der Waals surface area contributed by atoms with Gasteiger partial charge >= 0.3 is 0 Å². The van der Waals surface area contributed by atoms with Crippen molar-refractivity contribution in [2.75, 3.05) is 9.80 Å². The Hall–Kier alpha value is -8.72. The average Bonchev–Trinajstić information content (AvgIpc) is 3.41. The molecule has 0 heterocycles. The fourth-order valence-electron chi connectivity index (χ4n) is 9.03. The highest BCUT2D eigenvalue weighted by Crippen LogP contribution is 2.39. The summed E-state index contributed by atoms with van der Waals surface area (Å²) in [6.07, 6.45) is 4.59. The van der Waals surface area contributed by atoms with E-state index in [0.29, 0.717) is 0 Å². The number of aryl methyl sites for hydroxylation is 4. The maximum Gasteiger partial charge on any atom is 0.0462 e. The third-order valence-electron chi connectivity index (χ3n) is 13.0. The number of anilines is 6. The van der Waals surface area contributed by atoms with Crippen LogP contribution in [0.25, 0.3) is 34.4 Å². The zero-order valence-electron chi connectivity index (χ0n) is 40.3. The SMILES string of the molecule is Cc1ccc(C(=Cc2ccc(N(c3ccc(C)cc3)c3ccc(-c4ccc(N(c5ccc(C)cc5)c5ccc(C=C(c6ccccc6)c6ccc(C)cc6)cc5)cc4)cc3)cc2)c2ccccc2)cc1. The Morgan fingerprint density at radius 1 is 0.243 bits per heavy atom. The maximum absolute atomic E-state index is 2.34. The molecule has 0 N–H and O–H groups in total. The molecule has 0 aromatic heterocycles. The van der Waals surface area contributed by atoms with Crippen LogP contribution < -0.4 is 9.80 Å². The van der Waals surface area contributed by atoms with Gasteiger partial charge in [-0.1, -0.05) is 204 Å². The van der Waals surface area contributed by atoms with Gasteiger partial charge in [0.25, 0.3) is 0 Å². The summed E-state index contributed by atoms with van der Waals surface area (Å²) >= 11 is 0. The summed E-state index contributed by atoms with van der Waals surface area (Å²) in [4.78, 5) is 4.67. The van der Waals surface area contributed by atoms with Gasteiger partial charge in [-0.25, -0.2) is 0 Å². The van der Waals surface area contributed by atoms with Crippen molar-refractivity contribution >= 4 is 57.4 Å². The summed E-state index contributed by atoms with van der Waals surface area (Å²) in [7, 11) is 0. The Bertz CT molecular complexity index is 3120. The van der Waals surface area contributed by atoms with Crippen molar-refractivity contribution in [1.29, 1.82) is 0 Å². The first-order valence-corrected chi connectivity index (χ1v) is 24.1. The van der Waals surface area contributed by atoms with Gasteiger partial charge in [-0.2, -0.15) is 0 Å². The molecule has 2 heteroatoms. The summed E-state index contributed by atoms with van der Waals surface area (Å²) < 4.78 is 0. The Morgan fingerprint density at radius 3 is 0.757 bits per heavy atom. The van der Waals surface area contributed by atoms with Gasteiger partial charge in [0.15, 0.2) is 0 Å². The van der Waals surface area contributed by atoms with Gasteiger partial charge < -0.3 is 9.80 Å². The quantitative estimate of drug-likeness (QED) is 0.106. The molecule has 70 heavy (non-hydrogen) atoms. The zero-order chi connectivity index (χ0) is 47.8. The van der Waals surface area contributed by atoms with Gasteiger partial charge in [0.05, 0.1) is 0 Å². The van der Waals surface area contributed by atoms with Crippen LogP contribution in [-0.4, -0.2) is 0 Å². The molecule has 0 fully saturated rings. The Morgan fingerprint density at radius 2 is 0.471 bits per heavy atom. The molecule has 0 unspecified atom stereocenters. The predicted octanol–water partition coefficient (Wildman–Crippen LogP) is 18.7. The highest BCUT2D eigenvalue weighted by Gasteiger charge is 2.16. The zero-order valence-corrected chi connectivity index (χ0v) is 40.3. The van der Waals surface area contributed by atoms with Crippen LogP contribution in [0.5, 0.6) is 0 Å². The molecule has 0 saturated heterocycles. The summed E-state index contributed by atoms with van der Waals surface area (Å²) in [5, 5.41) is 0. The number of hydrogen-bond donors (Lipinski definition) is 0. The molecule has 0 bridgehead atoms. The van der Waals surface area contributed by atoms with E-state index in [1.54, 1.807) is 0 Å². The van der Waals surface area contributed by atoms with Crippen molar-refractivity contribution in [3.8, 4) is 11.1 Å². The van der Waals surface area contributed by atoms with E-state index in [-0.39, 0.29) is 0 Å². The number of rotatable bonds is 13. The largest absolute Gasteiger partial charge is 0.311 e. The van der Waals surface area contributed by atoms with Crippen LogP contribution in [0.1, 0.15) is 55.6 Å². The van der Waals surface area contributed by atoms with E-state index in [0.717, 1.165) is 56.4 Å². The van der Waals surface area contributed by atoms with Crippen LogP contribution in [-0.2, 0) is 0 Å². The fourth-order valence-corrected chi connectivity index (χ4v) is 9.03. The van der Waals surface area contributed by atoms with Gasteiger partial charge in [-0.3, -0.25) is 0 Å². The third kappa shape index (κ3) is 10.4. The first kappa shape index (κ1) is 45.1. The van der Waals surface area contributed by atoms with Crippen molar-refractivity contribution in [2.45, 2.75) is 27.7 Å². The molecule has 0 radical (unpaired) electrons. The lowest BCUT2D eigenvalue weighted by Crippen LogP contribution is -2.10. The second-order valence-corrected chi connectivity index (χ2v) is 18.2.